The van der Waals surface area contributed by atoms with Crippen molar-refractivity contribution >= 4 is 11.4 Å². The Hall–Kier alpha value is -1.92. The van der Waals surface area contributed by atoms with E-state index in [1.165, 1.54) is 6.07 Å². The van der Waals surface area contributed by atoms with Crippen LogP contribution >= 0.6 is 0 Å². The van der Waals surface area contributed by atoms with Gasteiger partial charge in [0.15, 0.2) is 0 Å². The predicted octanol–water partition coefficient (Wildman–Crippen LogP) is 4.26. The molecule has 21 heavy (non-hydrogen) atoms. The van der Waals surface area contributed by atoms with Crippen LogP contribution in [0.1, 0.15) is 19.4 Å². The molecule has 8 heteroatoms. The van der Waals surface area contributed by atoms with Crippen molar-refractivity contribution in [3.05, 3.63) is 34.2 Å². The number of alkyl halides is 3. The van der Waals surface area contributed by atoms with Gasteiger partial charge in [-0.1, -0.05) is 5.11 Å². The number of anilines is 1. The Kier molecular flexibility index (Phi) is 4.29. The number of rotatable bonds is 2. The van der Waals surface area contributed by atoms with Gasteiger partial charge in [0, 0.05) is 23.7 Å². The van der Waals surface area contributed by atoms with E-state index in [1.807, 2.05) is 18.7 Å². The van der Waals surface area contributed by atoms with Crippen molar-refractivity contribution < 1.29 is 17.9 Å². The largest absolute Gasteiger partial charge is 0.416 e. The minimum absolute atomic E-state index is 0.0198. The Morgan fingerprint density at radius 1 is 1.29 bits per heavy atom. The number of benzene rings is 1. The van der Waals surface area contributed by atoms with Crippen LogP contribution in [0.15, 0.2) is 23.3 Å². The maximum absolute atomic E-state index is 12.7. The van der Waals surface area contributed by atoms with Crippen molar-refractivity contribution in [2.45, 2.75) is 32.2 Å². The van der Waals surface area contributed by atoms with E-state index >= 15 is 0 Å². The zero-order valence-corrected chi connectivity index (χ0v) is 11.6. The van der Waals surface area contributed by atoms with Crippen molar-refractivity contribution in [1.82, 2.24) is 0 Å². The molecule has 1 heterocycles. The minimum atomic E-state index is -4.47. The second-order valence-electron chi connectivity index (χ2n) is 5.05. The number of hydrogen-bond donors (Lipinski definition) is 0. The summed E-state index contributed by atoms with van der Waals surface area (Å²) in [5, 5.41) is 3.40. The first-order valence-electron chi connectivity index (χ1n) is 6.48. The number of halogens is 3. The Bertz CT molecular complexity index is 559. The zero-order valence-electron chi connectivity index (χ0n) is 11.6. The minimum Gasteiger partial charge on any atom is -0.372 e. The lowest BCUT2D eigenvalue weighted by Gasteiger charge is -2.37. The van der Waals surface area contributed by atoms with Crippen LogP contribution < -0.4 is 4.90 Å². The molecule has 0 spiro atoms. The first-order valence-corrected chi connectivity index (χ1v) is 6.48. The summed E-state index contributed by atoms with van der Waals surface area (Å²) >= 11 is 0. The standard InChI is InChI=1S/C13H15F3N4O/c1-8-6-20(7-9(2)21-8)12-4-3-10(13(14,15)16)5-11(12)18-19-17/h3-5,8-9H,6-7H2,1-2H3. The first-order chi connectivity index (χ1) is 9.81. The van der Waals surface area contributed by atoms with Gasteiger partial charge in [0.2, 0.25) is 0 Å². The molecule has 5 nitrogen and oxygen atoms in total. The number of hydrogen-bond acceptors (Lipinski definition) is 3. The van der Waals surface area contributed by atoms with Gasteiger partial charge in [-0.2, -0.15) is 13.2 Å². The summed E-state index contributed by atoms with van der Waals surface area (Å²) < 4.78 is 43.8. The number of ether oxygens (including phenoxy) is 1. The molecule has 0 N–H and O–H groups in total. The molecule has 0 radical (unpaired) electrons. The monoisotopic (exact) mass is 300 g/mol. The lowest BCUT2D eigenvalue weighted by molar-refractivity contribution is -0.137. The van der Waals surface area contributed by atoms with Crippen molar-refractivity contribution in [2.75, 3.05) is 18.0 Å². The van der Waals surface area contributed by atoms with E-state index in [2.05, 4.69) is 10.0 Å². The van der Waals surface area contributed by atoms with Gasteiger partial charge in [-0.15, -0.1) is 0 Å². The molecule has 1 aliphatic heterocycles. The summed E-state index contributed by atoms with van der Waals surface area (Å²) in [7, 11) is 0. The summed E-state index contributed by atoms with van der Waals surface area (Å²) in [5.74, 6) is 0. The number of azide groups is 1. The molecule has 1 aliphatic rings. The normalized spacial score (nSPS) is 22.8. The molecule has 1 fully saturated rings. The quantitative estimate of drug-likeness (QED) is 0.465. The second-order valence-corrected chi connectivity index (χ2v) is 5.05. The van der Waals surface area contributed by atoms with Gasteiger partial charge in [-0.05, 0) is 37.6 Å². The van der Waals surface area contributed by atoms with Crippen LogP contribution in [0.4, 0.5) is 24.5 Å². The molecule has 1 aromatic carbocycles. The Labute approximate surface area is 119 Å². The highest BCUT2D eigenvalue weighted by Crippen LogP contribution is 2.37. The summed E-state index contributed by atoms with van der Waals surface area (Å²) in [6.45, 7) is 4.84. The van der Waals surface area contributed by atoms with Gasteiger partial charge < -0.3 is 9.64 Å². The SMILES string of the molecule is CC1CN(c2ccc(C(F)(F)F)cc2N=[N+]=[N-])CC(C)O1. The molecule has 0 saturated carbocycles. The van der Waals surface area contributed by atoms with Gasteiger partial charge in [-0.3, -0.25) is 0 Å². The third-order valence-electron chi connectivity index (χ3n) is 3.22. The van der Waals surface area contributed by atoms with Crippen LogP contribution in [0.2, 0.25) is 0 Å². The fraction of sp³-hybridized carbons (Fsp3) is 0.538. The predicted molar refractivity (Wildman–Crippen MR) is 72.5 cm³/mol. The van der Waals surface area contributed by atoms with Gasteiger partial charge in [0.25, 0.3) is 0 Å². The topological polar surface area (TPSA) is 61.2 Å². The Morgan fingerprint density at radius 3 is 2.43 bits per heavy atom. The van der Waals surface area contributed by atoms with Crippen LogP contribution in [0.3, 0.4) is 0 Å². The third-order valence-corrected chi connectivity index (χ3v) is 3.22. The highest BCUT2D eigenvalue weighted by atomic mass is 19.4. The molecular weight excluding hydrogens is 285 g/mol. The summed E-state index contributed by atoms with van der Waals surface area (Å²) in [5.41, 5.74) is 8.21. The molecule has 1 aromatic rings. The van der Waals surface area contributed by atoms with Crippen LogP contribution in [0.25, 0.3) is 10.4 Å². The summed E-state index contributed by atoms with van der Waals surface area (Å²) in [4.78, 5) is 4.50. The van der Waals surface area contributed by atoms with Crippen LogP contribution in [0.5, 0.6) is 0 Å². The second kappa shape index (κ2) is 5.83. The molecule has 1 saturated heterocycles. The van der Waals surface area contributed by atoms with Crippen LogP contribution in [-0.4, -0.2) is 25.3 Å². The van der Waals surface area contributed by atoms with E-state index in [4.69, 9.17) is 10.3 Å². The first kappa shape index (κ1) is 15.5. The lowest BCUT2D eigenvalue weighted by Crippen LogP contribution is -2.45. The molecule has 0 bridgehead atoms. The van der Waals surface area contributed by atoms with E-state index < -0.39 is 11.7 Å². The average Bonchev–Trinajstić information content (AvgIpc) is 2.36. The Morgan fingerprint density at radius 2 is 1.90 bits per heavy atom. The summed E-state index contributed by atoms with van der Waals surface area (Å²) in [6.07, 6.45) is -4.56. The highest BCUT2D eigenvalue weighted by Gasteiger charge is 2.32. The maximum Gasteiger partial charge on any atom is 0.416 e. The number of nitrogens with zero attached hydrogens (tertiary/aromatic N) is 4. The number of morpholine rings is 1. The smallest absolute Gasteiger partial charge is 0.372 e. The molecule has 2 rings (SSSR count). The van der Waals surface area contributed by atoms with E-state index in [-0.39, 0.29) is 17.9 Å². The molecular formula is C13H15F3N4O. The van der Waals surface area contributed by atoms with E-state index in [1.54, 1.807) is 0 Å². The van der Waals surface area contributed by atoms with Gasteiger partial charge >= 0.3 is 6.18 Å². The molecule has 2 unspecified atom stereocenters. The van der Waals surface area contributed by atoms with Crippen LogP contribution in [-0.2, 0) is 10.9 Å². The average molecular weight is 300 g/mol. The maximum atomic E-state index is 12.7. The van der Waals surface area contributed by atoms with Crippen molar-refractivity contribution in [3.8, 4) is 0 Å². The van der Waals surface area contributed by atoms with Crippen molar-refractivity contribution in [3.63, 3.8) is 0 Å². The lowest BCUT2D eigenvalue weighted by atomic mass is 10.1. The molecule has 2 atom stereocenters. The molecule has 0 aliphatic carbocycles. The van der Waals surface area contributed by atoms with Gasteiger partial charge in [0.1, 0.15) is 0 Å². The fourth-order valence-electron chi connectivity index (χ4n) is 2.47. The van der Waals surface area contributed by atoms with E-state index in [0.717, 1.165) is 12.1 Å². The van der Waals surface area contributed by atoms with Gasteiger partial charge in [-0.25, -0.2) is 0 Å². The Balaban J connectivity index is 2.41. The van der Waals surface area contributed by atoms with E-state index in [0.29, 0.717) is 18.8 Å². The van der Waals surface area contributed by atoms with Crippen molar-refractivity contribution in [1.29, 1.82) is 0 Å². The zero-order chi connectivity index (χ0) is 15.6. The van der Waals surface area contributed by atoms with Crippen molar-refractivity contribution in [2.24, 2.45) is 5.11 Å². The van der Waals surface area contributed by atoms with Gasteiger partial charge in [0.05, 0.1) is 23.5 Å². The highest BCUT2D eigenvalue weighted by molar-refractivity contribution is 5.68. The molecule has 0 amide bonds. The van der Waals surface area contributed by atoms with E-state index in [9.17, 15) is 13.2 Å². The fourth-order valence-corrected chi connectivity index (χ4v) is 2.47. The summed E-state index contributed by atoms with van der Waals surface area (Å²) in [6, 6.07) is 3.22. The molecule has 114 valence electrons. The third kappa shape index (κ3) is 3.59. The van der Waals surface area contributed by atoms with Crippen LogP contribution in [0, 0.1) is 0 Å². The molecule has 0 aromatic heterocycles.